The van der Waals surface area contributed by atoms with Crippen molar-refractivity contribution < 1.29 is 4.74 Å². The maximum absolute atomic E-state index is 6.25. The number of hydrogen-bond donors (Lipinski definition) is 1. The molecule has 2 aromatic carbocycles. The van der Waals surface area contributed by atoms with Gasteiger partial charge in [0.25, 0.3) is 0 Å². The lowest BCUT2D eigenvalue weighted by Gasteiger charge is -2.11. The van der Waals surface area contributed by atoms with Crippen molar-refractivity contribution in [3.8, 4) is 5.75 Å². The molecule has 1 aliphatic rings. The minimum absolute atomic E-state index is 0.540. The molecule has 0 heterocycles. The quantitative estimate of drug-likeness (QED) is 0.898. The number of ether oxygens (including phenoxy) is 1. The minimum atomic E-state index is 0.540. The highest BCUT2D eigenvalue weighted by molar-refractivity contribution is 6.31. The van der Waals surface area contributed by atoms with Crippen LogP contribution in [0.25, 0.3) is 0 Å². The molecule has 0 aliphatic heterocycles. The van der Waals surface area contributed by atoms with E-state index >= 15 is 0 Å². The standard InChI is InChI=1S/C17H18ClNO/c1-20-17-9-5-8-15(18)14(17)11-19-16-10-13(16)12-6-3-2-4-7-12/h2-9,13,16,19H,10-11H2,1H3. The van der Waals surface area contributed by atoms with Gasteiger partial charge >= 0.3 is 0 Å². The highest BCUT2D eigenvalue weighted by Gasteiger charge is 2.37. The van der Waals surface area contributed by atoms with Crippen LogP contribution in [0.2, 0.25) is 5.02 Å². The van der Waals surface area contributed by atoms with Gasteiger partial charge in [0.2, 0.25) is 0 Å². The molecule has 0 aromatic heterocycles. The van der Waals surface area contributed by atoms with Crippen molar-refractivity contribution in [2.24, 2.45) is 0 Å². The Hall–Kier alpha value is -1.51. The van der Waals surface area contributed by atoms with E-state index in [1.165, 1.54) is 12.0 Å². The van der Waals surface area contributed by atoms with E-state index in [9.17, 15) is 0 Å². The molecule has 2 unspecified atom stereocenters. The van der Waals surface area contributed by atoms with Crippen LogP contribution in [-0.2, 0) is 6.54 Å². The van der Waals surface area contributed by atoms with E-state index in [-0.39, 0.29) is 0 Å². The molecule has 2 atom stereocenters. The summed E-state index contributed by atoms with van der Waals surface area (Å²) in [6, 6.07) is 17.0. The van der Waals surface area contributed by atoms with Gasteiger partial charge in [-0.25, -0.2) is 0 Å². The summed E-state index contributed by atoms with van der Waals surface area (Å²) in [6.45, 7) is 0.747. The Morgan fingerprint density at radius 2 is 1.95 bits per heavy atom. The van der Waals surface area contributed by atoms with Crippen LogP contribution in [-0.4, -0.2) is 13.2 Å². The average Bonchev–Trinajstić information content (AvgIpc) is 3.26. The summed E-state index contributed by atoms with van der Waals surface area (Å²) in [5.41, 5.74) is 2.45. The molecule has 0 radical (unpaired) electrons. The number of methoxy groups -OCH3 is 1. The van der Waals surface area contributed by atoms with Crippen LogP contribution in [0.15, 0.2) is 48.5 Å². The van der Waals surface area contributed by atoms with Crippen LogP contribution < -0.4 is 10.1 Å². The van der Waals surface area contributed by atoms with Crippen LogP contribution in [0.5, 0.6) is 5.75 Å². The molecule has 0 amide bonds. The Morgan fingerprint density at radius 3 is 2.70 bits per heavy atom. The summed E-state index contributed by atoms with van der Waals surface area (Å²) in [5, 5.41) is 4.33. The number of hydrogen-bond acceptors (Lipinski definition) is 2. The summed E-state index contributed by atoms with van der Waals surface area (Å²) in [5.74, 6) is 1.48. The van der Waals surface area contributed by atoms with Crippen molar-refractivity contribution in [3.05, 3.63) is 64.7 Å². The Balaban J connectivity index is 1.62. The summed E-state index contributed by atoms with van der Waals surface area (Å²) in [6.07, 6.45) is 1.19. The maximum atomic E-state index is 6.25. The zero-order chi connectivity index (χ0) is 13.9. The van der Waals surface area contributed by atoms with Gasteiger partial charge in [-0.05, 0) is 24.1 Å². The number of nitrogens with one attached hydrogen (secondary N) is 1. The summed E-state index contributed by atoms with van der Waals surface area (Å²) in [7, 11) is 1.68. The van der Waals surface area contributed by atoms with Gasteiger partial charge in [0, 0.05) is 29.1 Å². The van der Waals surface area contributed by atoms with Gasteiger partial charge in [0.1, 0.15) is 5.75 Å². The summed E-state index contributed by atoms with van der Waals surface area (Å²) in [4.78, 5) is 0. The van der Waals surface area contributed by atoms with E-state index in [1.54, 1.807) is 7.11 Å². The van der Waals surface area contributed by atoms with Crippen molar-refractivity contribution >= 4 is 11.6 Å². The van der Waals surface area contributed by atoms with E-state index in [0.717, 1.165) is 22.9 Å². The largest absolute Gasteiger partial charge is 0.496 e. The Morgan fingerprint density at radius 1 is 1.15 bits per heavy atom. The molecule has 3 rings (SSSR count). The predicted octanol–water partition coefficient (Wildman–Crippen LogP) is 3.99. The molecular weight excluding hydrogens is 270 g/mol. The fraction of sp³-hybridized carbons (Fsp3) is 0.294. The lowest BCUT2D eigenvalue weighted by atomic mass is 10.1. The monoisotopic (exact) mass is 287 g/mol. The average molecular weight is 288 g/mol. The molecule has 0 bridgehead atoms. The number of rotatable bonds is 5. The molecule has 0 saturated heterocycles. The van der Waals surface area contributed by atoms with Gasteiger partial charge < -0.3 is 10.1 Å². The predicted molar refractivity (Wildman–Crippen MR) is 82.4 cm³/mol. The first-order valence-corrected chi connectivity index (χ1v) is 7.27. The highest BCUT2D eigenvalue weighted by Crippen LogP contribution is 2.41. The second kappa shape index (κ2) is 5.86. The third kappa shape index (κ3) is 2.82. The van der Waals surface area contributed by atoms with E-state index in [0.29, 0.717) is 12.0 Å². The summed E-state index contributed by atoms with van der Waals surface area (Å²) >= 11 is 6.25. The van der Waals surface area contributed by atoms with Crippen LogP contribution in [0.3, 0.4) is 0 Å². The lowest BCUT2D eigenvalue weighted by Crippen LogP contribution is -2.18. The fourth-order valence-corrected chi connectivity index (χ4v) is 2.86. The lowest BCUT2D eigenvalue weighted by molar-refractivity contribution is 0.407. The SMILES string of the molecule is COc1cccc(Cl)c1CNC1CC1c1ccccc1. The first-order valence-electron chi connectivity index (χ1n) is 6.89. The van der Waals surface area contributed by atoms with Crippen molar-refractivity contribution in [2.45, 2.75) is 24.9 Å². The van der Waals surface area contributed by atoms with Gasteiger partial charge in [-0.1, -0.05) is 48.0 Å². The van der Waals surface area contributed by atoms with E-state index in [1.807, 2.05) is 18.2 Å². The molecule has 2 aromatic rings. The van der Waals surface area contributed by atoms with Gasteiger partial charge in [0.05, 0.1) is 7.11 Å². The third-order valence-corrected chi connectivity index (χ3v) is 4.21. The van der Waals surface area contributed by atoms with Gasteiger partial charge in [0.15, 0.2) is 0 Å². The van der Waals surface area contributed by atoms with Crippen molar-refractivity contribution in [3.63, 3.8) is 0 Å². The molecule has 104 valence electrons. The third-order valence-electron chi connectivity index (χ3n) is 3.85. The zero-order valence-corrected chi connectivity index (χ0v) is 12.2. The van der Waals surface area contributed by atoms with Crippen molar-refractivity contribution in [1.82, 2.24) is 5.32 Å². The van der Waals surface area contributed by atoms with Gasteiger partial charge in [-0.15, -0.1) is 0 Å². The van der Waals surface area contributed by atoms with E-state index in [2.05, 4.69) is 35.6 Å². The van der Waals surface area contributed by atoms with Crippen LogP contribution in [0.1, 0.15) is 23.5 Å². The smallest absolute Gasteiger partial charge is 0.124 e. The molecule has 0 spiro atoms. The second-order valence-corrected chi connectivity index (χ2v) is 5.57. The van der Waals surface area contributed by atoms with Crippen molar-refractivity contribution in [2.75, 3.05) is 7.11 Å². The number of halogens is 1. The molecule has 2 nitrogen and oxygen atoms in total. The van der Waals surface area contributed by atoms with Crippen LogP contribution in [0, 0.1) is 0 Å². The minimum Gasteiger partial charge on any atom is -0.496 e. The molecule has 20 heavy (non-hydrogen) atoms. The topological polar surface area (TPSA) is 21.3 Å². The first kappa shape index (κ1) is 13.5. The first-order chi connectivity index (χ1) is 9.79. The molecule has 3 heteroatoms. The maximum Gasteiger partial charge on any atom is 0.124 e. The molecular formula is C17H18ClNO. The molecule has 1 saturated carbocycles. The molecule has 1 aliphatic carbocycles. The Bertz CT molecular complexity index is 585. The zero-order valence-electron chi connectivity index (χ0n) is 11.5. The number of benzene rings is 2. The van der Waals surface area contributed by atoms with E-state index in [4.69, 9.17) is 16.3 Å². The molecule has 1 N–H and O–H groups in total. The molecule has 1 fully saturated rings. The van der Waals surface area contributed by atoms with Crippen LogP contribution >= 0.6 is 11.6 Å². The second-order valence-electron chi connectivity index (χ2n) is 5.16. The fourth-order valence-electron chi connectivity index (χ4n) is 2.62. The highest BCUT2D eigenvalue weighted by atomic mass is 35.5. The Kier molecular flexibility index (Phi) is 3.95. The summed E-state index contributed by atoms with van der Waals surface area (Å²) < 4.78 is 5.37. The Labute approximate surface area is 124 Å². The van der Waals surface area contributed by atoms with Gasteiger partial charge in [-0.3, -0.25) is 0 Å². The normalized spacial score (nSPS) is 20.7. The van der Waals surface area contributed by atoms with E-state index < -0.39 is 0 Å². The van der Waals surface area contributed by atoms with Gasteiger partial charge in [-0.2, -0.15) is 0 Å². The van der Waals surface area contributed by atoms with Crippen molar-refractivity contribution in [1.29, 1.82) is 0 Å². The van der Waals surface area contributed by atoms with Crippen LogP contribution in [0.4, 0.5) is 0 Å².